The molecule has 0 aromatic heterocycles. The number of unbranched alkanes of at least 4 members (excludes halogenated alkanes) is 1. The number of esters is 1. The van der Waals surface area contributed by atoms with Crippen molar-refractivity contribution in [1.29, 1.82) is 0 Å². The Kier molecular flexibility index (Phi) is 25.2. The molecule has 1 saturated heterocycles. The Labute approximate surface area is 537 Å². The first-order valence-electron chi connectivity index (χ1n) is 32.4. The number of hydrogen-bond acceptors (Lipinski definition) is 10. The highest BCUT2D eigenvalue weighted by Gasteiger charge is 2.52. The van der Waals surface area contributed by atoms with Gasteiger partial charge in [0.15, 0.2) is 16.6 Å². The predicted octanol–water partition coefficient (Wildman–Crippen LogP) is 18.3. The van der Waals surface area contributed by atoms with Crippen LogP contribution in [0.3, 0.4) is 0 Å². The third kappa shape index (κ3) is 19.0. The van der Waals surface area contributed by atoms with Gasteiger partial charge in [0.05, 0.1) is 62.9 Å². The van der Waals surface area contributed by atoms with Gasteiger partial charge in [0.2, 0.25) is 0 Å². The van der Waals surface area contributed by atoms with Crippen molar-refractivity contribution >= 4 is 22.6 Å². The first-order valence-corrected chi connectivity index (χ1v) is 38.2. The molecule has 10 nitrogen and oxygen atoms in total. The van der Waals surface area contributed by atoms with Crippen LogP contribution in [0, 0.1) is 17.3 Å². The lowest BCUT2D eigenvalue weighted by atomic mass is 9.80. The Balaban J connectivity index is 1.26. The van der Waals surface area contributed by atoms with Crippen LogP contribution in [0.2, 0.25) is 36.3 Å². The second kappa shape index (κ2) is 31.7. The Morgan fingerprint density at radius 3 is 1.48 bits per heavy atom. The molecule has 0 bridgehead atoms. The zero-order chi connectivity index (χ0) is 64.6. The van der Waals surface area contributed by atoms with E-state index in [9.17, 15) is 4.79 Å². The fourth-order valence-corrected chi connectivity index (χ4v) is 13.9. The van der Waals surface area contributed by atoms with E-state index in [4.69, 9.17) is 48.6 Å². The average Bonchev–Trinajstić information content (AvgIpc) is 0.818. The molecule has 482 valence electrons. The topological polar surface area (TPSA) is 100 Å². The van der Waals surface area contributed by atoms with Crippen LogP contribution in [-0.2, 0) is 67.5 Å². The molecule has 1 heterocycles. The van der Waals surface area contributed by atoms with Gasteiger partial charge in [-0.3, -0.25) is 4.79 Å². The molecule has 0 saturated carbocycles. The minimum atomic E-state index is -2.61. The Morgan fingerprint density at radius 2 is 1.02 bits per heavy atom. The maximum Gasteiger partial charge on any atom is 0.311 e. The van der Waals surface area contributed by atoms with E-state index in [0.717, 1.165) is 64.0 Å². The summed E-state index contributed by atoms with van der Waals surface area (Å²) >= 11 is 0. The molecule has 0 N–H and O–H groups in total. The Morgan fingerprint density at radius 1 is 0.573 bits per heavy atom. The molecule has 7 rings (SSSR count). The second-order valence-electron chi connectivity index (χ2n) is 28.6. The van der Waals surface area contributed by atoms with Gasteiger partial charge in [0, 0.05) is 18.4 Å². The molecule has 1 aliphatic heterocycles. The van der Waals surface area contributed by atoms with E-state index in [1.807, 2.05) is 69.3 Å². The molecule has 6 aromatic rings. The van der Waals surface area contributed by atoms with E-state index < -0.39 is 58.2 Å². The van der Waals surface area contributed by atoms with Crippen molar-refractivity contribution in [3.63, 3.8) is 0 Å². The summed E-state index contributed by atoms with van der Waals surface area (Å²) in [6, 6.07) is 60.2. The van der Waals surface area contributed by atoms with Crippen LogP contribution in [0.5, 0.6) is 5.75 Å². The summed E-state index contributed by atoms with van der Waals surface area (Å²) in [4.78, 5) is 13.7. The Hall–Kier alpha value is -5.52. The number of carbonyl (C=O) groups is 1. The number of methoxy groups -OCH3 is 1. The maximum atomic E-state index is 13.7. The SMILES string of the molecule is C=C(C[C@H](O[Si](C)(C)C(C)(C)C)[C@@H](C)[C@@H](CCCCOC(c1ccccc1)(c1ccccc1)c1ccccc1)OCc1ccc(OC)cc1)[C@@H](O[Si](C)(C)C(C)(C)C)[C@@H]1O[C@H](COC(=O)C(C)(C)C)[C@@H](OCc2ccccc2)[C@H](OCc2ccccc2)[C@H]1C. The Bertz CT molecular complexity index is 2950. The van der Waals surface area contributed by atoms with Gasteiger partial charge in [-0.05, 0) is 134 Å². The van der Waals surface area contributed by atoms with Crippen LogP contribution in [0.1, 0.15) is 135 Å². The third-order valence-corrected chi connectivity index (χ3v) is 27.8. The normalized spacial score (nSPS) is 19.2. The zero-order valence-corrected chi connectivity index (χ0v) is 58.6. The number of carbonyl (C=O) groups excluding carboxylic acids is 1. The highest BCUT2D eigenvalue weighted by molar-refractivity contribution is 6.74. The van der Waals surface area contributed by atoms with Crippen LogP contribution in [-0.4, -0.2) is 85.7 Å². The molecule has 1 fully saturated rings. The maximum absolute atomic E-state index is 13.7. The largest absolute Gasteiger partial charge is 0.497 e. The van der Waals surface area contributed by atoms with Gasteiger partial charge in [0.1, 0.15) is 30.2 Å². The van der Waals surface area contributed by atoms with Gasteiger partial charge >= 0.3 is 5.97 Å². The highest BCUT2D eigenvalue weighted by Crippen LogP contribution is 2.46. The van der Waals surface area contributed by atoms with E-state index in [2.05, 4.69) is 209 Å². The van der Waals surface area contributed by atoms with Crippen LogP contribution in [0.15, 0.2) is 188 Å². The van der Waals surface area contributed by atoms with Crippen LogP contribution in [0.4, 0.5) is 0 Å². The molecular formula is C77H106O10Si2. The molecule has 0 amide bonds. The fourth-order valence-electron chi connectivity index (χ4n) is 11.2. The fraction of sp³-hybridized carbons (Fsp3) is 0.494. The summed E-state index contributed by atoms with van der Waals surface area (Å²) in [6.07, 6.45) is -0.749. The minimum absolute atomic E-state index is 0.0403. The lowest BCUT2D eigenvalue weighted by Crippen LogP contribution is -2.61. The van der Waals surface area contributed by atoms with Crippen LogP contribution >= 0.6 is 0 Å². The van der Waals surface area contributed by atoms with E-state index in [-0.39, 0.29) is 46.7 Å². The third-order valence-electron chi connectivity index (χ3n) is 18.8. The molecule has 0 spiro atoms. The van der Waals surface area contributed by atoms with E-state index >= 15 is 0 Å². The van der Waals surface area contributed by atoms with Gasteiger partial charge in [-0.15, -0.1) is 0 Å². The lowest BCUT2D eigenvalue weighted by molar-refractivity contribution is -0.252. The van der Waals surface area contributed by atoms with E-state index in [0.29, 0.717) is 32.8 Å². The van der Waals surface area contributed by atoms with Gasteiger partial charge in [-0.2, -0.15) is 0 Å². The lowest BCUT2D eigenvalue weighted by Gasteiger charge is -2.50. The molecule has 6 aromatic carbocycles. The van der Waals surface area contributed by atoms with Crippen LogP contribution < -0.4 is 4.74 Å². The molecule has 0 radical (unpaired) electrons. The molecule has 0 unspecified atom stereocenters. The molecule has 12 heteroatoms. The second-order valence-corrected chi connectivity index (χ2v) is 38.1. The van der Waals surface area contributed by atoms with Crippen molar-refractivity contribution in [2.24, 2.45) is 17.3 Å². The summed E-state index contributed by atoms with van der Waals surface area (Å²) in [6.45, 7) is 39.7. The molecule has 1 aliphatic rings. The quantitative estimate of drug-likeness (QED) is 0.0138. The molecule has 0 aliphatic carbocycles. The first-order chi connectivity index (χ1) is 42.1. The number of rotatable bonds is 31. The van der Waals surface area contributed by atoms with Gasteiger partial charge in [-0.1, -0.05) is 226 Å². The van der Waals surface area contributed by atoms with Gasteiger partial charge in [-0.25, -0.2) is 0 Å². The van der Waals surface area contributed by atoms with E-state index in [1.54, 1.807) is 7.11 Å². The average molecular weight is 1250 g/mol. The molecule has 9 atom stereocenters. The van der Waals surface area contributed by atoms with Crippen molar-refractivity contribution in [3.05, 3.63) is 221 Å². The van der Waals surface area contributed by atoms with Crippen molar-refractivity contribution in [2.45, 2.75) is 206 Å². The number of benzene rings is 6. The minimum Gasteiger partial charge on any atom is -0.497 e. The first kappa shape index (κ1) is 70.9. The van der Waals surface area contributed by atoms with Gasteiger partial charge < -0.3 is 42.0 Å². The molecule has 89 heavy (non-hydrogen) atoms. The van der Waals surface area contributed by atoms with Crippen LogP contribution in [0.25, 0.3) is 0 Å². The van der Waals surface area contributed by atoms with Crippen molar-refractivity contribution < 1.29 is 46.8 Å². The summed E-state index contributed by atoms with van der Waals surface area (Å²) in [7, 11) is -3.42. The van der Waals surface area contributed by atoms with E-state index in [1.165, 1.54) is 0 Å². The van der Waals surface area contributed by atoms with Gasteiger partial charge in [0.25, 0.3) is 0 Å². The number of hydrogen-bond donors (Lipinski definition) is 0. The summed E-state index contributed by atoms with van der Waals surface area (Å²) in [5, 5.41) is -0.285. The smallest absolute Gasteiger partial charge is 0.311 e. The van der Waals surface area contributed by atoms with Crippen molar-refractivity contribution in [2.75, 3.05) is 20.3 Å². The van der Waals surface area contributed by atoms with Crippen molar-refractivity contribution in [3.8, 4) is 5.75 Å². The molecular weight excluding hydrogens is 1140 g/mol. The highest BCUT2D eigenvalue weighted by atomic mass is 28.4. The predicted molar refractivity (Wildman–Crippen MR) is 366 cm³/mol. The standard InChI is InChI=1S/C77H106O10Si2/c1-56(69(87-89(16,17)76(10,11)12)71-58(3)70(81-53-59-35-23-18-24-36-59)72(82-54-60-37-25-19-26-38-60)68(85-71)55-83-73(78)74(4,5)6)51-67(86-88(14,15)75(7,8)9)57(2)66(80-52-61-46-48-65(79-13)49-47-61)45-33-34-50-84-77(62-39-27-20-28-40-62,63-41-29-21-30-42-63)64-43-31-22-32-44-64/h18-32,35-44,46-49,57-58,66-72H,1,33-34,45,50-55H2,2-17H3/t57-,58+,66+,67-,68+,69+,70+,71+,72+/m0/s1. The monoisotopic (exact) mass is 1250 g/mol. The zero-order valence-electron chi connectivity index (χ0n) is 56.6. The summed E-state index contributed by atoms with van der Waals surface area (Å²) in [5.41, 5.74) is 5.64. The number of ether oxygens (including phenoxy) is 7. The summed E-state index contributed by atoms with van der Waals surface area (Å²) < 4.78 is 63.5. The summed E-state index contributed by atoms with van der Waals surface area (Å²) in [5.74, 6) is 0.0707. The van der Waals surface area contributed by atoms with Crippen molar-refractivity contribution in [1.82, 2.24) is 0 Å².